The molecule has 0 aromatic carbocycles. The minimum absolute atomic E-state index is 0.439. The molecule has 1 heteroatoms. The topological polar surface area (TPSA) is 0 Å². The van der Waals surface area contributed by atoms with Crippen molar-refractivity contribution in [3.8, 4) is 0 Å². The van der Waals surface area contributed by atoms with Crippen molar-refractivity contribution in [2.75, 3.05) is 12.8 Å². The van der Waals surface area contributed by atoms with Crippen LogP contribution in [0.25, 0.3) is 0 Å². The van der Waals surface area contributed by atoms with E-state index in [1.807, 2.05) is 0 Å². The Morgan fingerprint density at radius 2 is 2.20 bits per heavy atom. The molecule has 0 bridgehead atoms. The quantitative estimate of drug-likeness (QED) is 0.540. The predicted octanol–water partition coefficient (Wildman–Crippen LogP) is 3.45. The fraction of sp³-hybridized carbons (Fsp3) is 1.00. The van der Waals surface area contributed by atoms with Crippen LogP contribution in [0.1, 0.15) is 39.0 Å². The van der Waals surface area contributed by atoms with Gasteiger partial charge in [-0.3, -0.25) is 0 Å². The Labute approximate surface area is 66.2 Å². The van der Waals surface area contributed by atoms with Crippen molar-refractivity contribution in [2.45, 2.75) is 44.7 Å². The average molecular weight is 158 g/mol. The van der Waals surface area contributed by atoms with Gasteiger partial charge in [0, 0.05) is 0 Å². The molecule has 1 rings (SSSR count). The Bertz CT molecular complexity index is 88.7. The largest absolute Gasteiger partial charge is 0.107 e. The molecule has 2 unspecified atom stereocenters. The highest BCUT2D eigenvalue weighted by atomic mass is 31.1. The van der Waals surface area contributed by atoms with Gasteiger partial charge in [0.1, 0.15) is 0 Å². The van der Waals surface area contributed by atoms with E-state index in [-0.39, 0.29) is 0 Å². The standard InChI is InChI=1S/C9H19P/c1-3-6-9-7-4-5-8-10(9)2/h9H,3-8H2,1-2H3. The van der Waals surface area contributed by atoms with Gasteiger partial charge in [-0.1, -0.05) is 19.8 Å². The summed E-state index contributed by atoms with van der Waals surface area (Å²) in [6, 6.07) is 0. The molecular formula is C9H19P. The van der Waals surface area contributed by atoms with E-state index in [4.69, 9.17) is 0 Å². The highest BCUT2D eigenvalue weighted by Crippen LogP contribution is 2.46. The van der Waals surface area contributed by atoms with E-state index in [0.29, 0.717) is 7.92 Å². The highest BCUT2D eigenvalue weighted by Gasteiger charge is 2.18. The van der Waals surface area contributed by atoms with Crippen LogP contribution >= 0.6 is 7.92 Å². The van der Waals surface area contributed by atoms with E-state index < -0.39 is 0 Å². The number of rotatable bonds is 2. The molecule has 1 saturated heterocycles. The van der Waals surface area contributed by atoms with Crippen LogP contribution in [-0.2, 0) is 0 Å². The van der Waals surface area contributed by atoms with Gasteiger partial charge >= 0.3 is 0 Å². The van der Waals surface area contributed by atoms with Gasteiger partial charge in [-0.25, -0.2) is 0 Å². The molecule has 0 radical (unpaired) electrons. The monoisotopic (exact) mass is 158 g/mol. The summed E-state index contributed by atoms with van der Waals surface area (Å²) in [5.41, 5.74) is 1.13. The molecule has 0 aromatic heterocycles. The van der Waals surface area contributed by atoms with Crippen molar-refractivity contribution >= 4 is 7.92 Å². The first kappa shape index (κ1) is 8.53. The molecule has 1 heterocycles. The molecule has 60 valence electrons. The lowest BCUT2D eigenvalue weighted by molar-refractivity contribution is 0.610. The van der Waals surface area contributed by atoms with Gasteiger partial charge in [0.2, 0.25) is 0 Å². The second kappa shape index (κ2) is 4.34. The van der Waals surface area contributed by atoms with Crippen molar-refractivity contribution in [3.05, 3.63) is 0 Å². The van der Waals surface area contributed by atoms with Crippen LogP contribution < -0.4 is 0 Å². The van der Waals surface area contributed by atoms with Crippen molar-refractivity contribution in [3.63, 3.8) is 0 Å². The fourth-order valence-electron chi connectivity index (χ4n) is 1.84. The zero-order valence-electron chi connectivity index (χ0n) is 7.27. The highest BCUT2D eigenvalue weighted by molar-refractivity contribution is 7.57. The normalized spacial score (nSPS) is 34.2. The van der Waals surface area contributed by atoms with Gasteiger partial charge < -0.3 is 0 Å². The molecule has 0 nitrogen and oxygen atoms in total. The SMILES string of the molecule is CCCC1CCCCP1C. The molecule has 1 aliphatic rings. The predicted molar refractivity (Wildman–Crippen MR) is 50.3 cm³/mol. The van der Waals surface area contributed by atoms with Gasteiger partial charge in [-0.15, -0.1) is 7.92 Å². The Hall–Kier alpha value is 0.430. The number of hydrogen-bond acceptors (Lipinski definition) is 0. The molecule has 0 saturated carbocycles. The summed E-state index contributed by atoms with van der Waals surface area (Å²) in [5.74, 6) is 0. The van der Waals surface area contributed by atoms with Gasteiger partial charge in [0.05, 0.1) is 0 Å². The Morgan fingerprint density at radius 3 is 2.80 bits per heavy atom. The maximum absolute atomic E-state index is 2.49. The van der Waals surface area contributed by atoms with Crippen LogP contribution in [0.5, 0.6) is 0 Å². The third-order valence-corrected chi connectivity index (χ3v) is 5.33. The molecule has 0 aliphatic carbocycles. The summed E-state index contributed by atoms with van der Waals surface area (Å²) in [6.45, 7) is 4.81. The van der Waals surface area contributed by atoms with E-state index in [2.05, 4.69) is 13.6 Å². The summed E-state index contributed by atoms with van der Waals surface area (Å²) in [6.07, 6.45) is 9.02. The van der Waals surface area contributed by atoms with Crippen LogP contribution in [0.3, 0.4) is 0 Å². The van der Waals surface area contributed by atoms with Gasteiger partial charge in [-0.05, 0) is 37.7 Å². The lowest BCUT2D eigenvalue weighted by atomic mass is 10.1. The van der Waals surface area contributed by atoms with E-state index >= 15 is 0 Å². The first-order chi connectivity index (χ1) is 4.84. The maximum atomic E-state index is 2.49. The first-order valence-corrected chi connectivity index (χ1v) is 6.59. The summed E-state index contributed by atoms with van der Waals surface area (Å²) in [5, 5.41) is 0. The van der Waals surface area contributed by atoms with Gasteiger partial charge in [0.15, 0.2) is 0 Å². The van der Waals surface area contributed by atoms with E-state index in [0.717, 1.165) is 5.66 Å². The van der Waals surface area contributed by atoms with Crippen LogP contribution in [0.4, 0.5) is 0 Å². The summed E-state index contributed by atoms with van der Waals surface area (Å²) < 4.78 is 0. The Kier molecular flexibility index (Phi) is 3.70. The summed E-state index contributed by atoms with van der Waals surface area (Å²) in [7, 11) is 0.439. The Balaban J connectivity index is 2.25. The van der Waals surface area contributed by atoms with Crippen LogP contribution in [0.15, 0.2) is 0 Å². The molecule has 0 amide bonds. The first-order valence-electron chi connectivity index (χ1n) is 4.55. The molecule has 1 aliphatic heterocycles. The third-order valence-electron chi connectivity index (χ3n) is 2.54. The zero-order chi connectivity index (χ0) is 7.40. The van der Waals surface area contributed by atoms with Crippen LogP contribution in [0, 0.1) is 0 Å². The van der Waals surface area contributed by atoms with E-state index in [1.54, 1.807) is 6.16 Å². The molecule has 10 heavy (non-hydrogen) atoms. The second-order valence-electron chi connectivity index (χ2n) is 3.42. The molecule has 0 spiro atoms. The van der Waals surface area contributed by atoms with Crippen LogP contribution in [-0.4, -0.2) is 18.5 Å². The van der Waals surface area contributed by atoms with Crippen molar-refractivity contribution in [1.29, 1.82) is 0 Å². The summed E-state index contributed by atoms with van der Waals surface area (Å²) in [4.78, 5) is 0. The van der Waals surface area contributed by atoms with Gasteiger partial charge in [-0.2, -0.15) is 0 Å². The number of hydrogen-bond donors (Lipinski definition) is 0. The second-order valence-corrected chi connectivity index (χ2v) is 6.11. The lowest BCUT2D eigenvalue weighted by Gasteiger charge is -2.28. The molecular weight excluding hydrogens is 139 g/mol. The molecule has 0 N–H and O–H groups in total. The zero-order valence-corrected chi connectivity index (χ0v) is 8.16. The smallest absolute Gasteiger partial charge is 0.0212 e. The average Bonchev–Trinajstić information content (AvgIpc) is 1.94. The van der Waals surface area contributed by atoms with Crippen molar-refractivity contribution in [1.82, 2.24) is 0 Å². The minimum Gasteiger partial charge on any atom is -0.107 e. The summed E-state index contributed by atoms with van der Waals surface area (Å²) >= 11 is 0. The Morgan fingerprint density at radius 1 is 1.40 bits per heavy atom. The van der Waals surface area contributed by atoms with Crippen molar-refractivity contribution in [2.24, 2.45) is 0 Å². The van der Waals surface area contributed by atoms with E-state index in [9.17, 15) is 0 Å². The maximum Gasteiger partial charge on any atom is -0.0212 e. The van der Waals surface area contributed by atoms with Crippen LogP contribution in [0.2, 0.25) is 0 Å². The molecule has 0 aromatic rings. The lowest BCUT2D eigenvalue weighted by Crippen LogP contribution is -2.11. The van der Waals surface area contributed by atoms with E-state index in [1.165, 1.54) is 32.1 Å². The van der Waals surface area contributed by atoms with Gasteiger partial charge in [0.25, 0.3) is 0 Å². The third kappa shape index (κ3) is 2.23. The molecule has 1 fully saturated rings. The molecule has 2 atom stereocenters. The minimum atomic E-state index is 0.439. The fourth-order valence-corrected chi connectivity index (χ4v) is 4.25. The van der Waals surface area contributed by atoms with Crippen molar-refractivity contribution < 1.29 is 0 Å².